The maximum atomic E-state index is 11.2. The lowest BCUT2D eigenvalue weighted by atomic mass is 9.97. The van der Waals surface area contributed by atoms with Gasteiger partial charge in [0.1, 0.15) is 5.75 Å². The number of aromatic carboxylic acids is 1. The van der Waals surface area contributed by atoms with Gasteiger partial charge >= 0.3 is 5.97 Å². The zero-order valence-corrected chi connectivity index (χ0v) is 13.3. The summed E-state index contributed by atoms with van der Waals surface area (Å²) < 4.78 is 11.0. The van der Waals surface area contributed by atoms with Crippen LogP contribution in [0.1, 0.15) is 54.0 Å². The van der Waals surface area contributed by atoms with E-state index >= 15 is 0 Å². The van der Waals surface area contributed by atoms with Gasteiger partial charge in [0, 0.05) is 10.3 Å². The van der Waals surface area contributed by atoms with Crippen LogP contribution in [-0.4, -0.2) is 21.3 Å². The van der Waals surface area contributed by atoms with Gasteiger partial charge in [-0.1, -0.05) is 27.7 Å². The standard InChI is InChI=1S/C14H18N2O4S/c1-5-8-6-9(11(21-8)12(17)18)19-7-10-15-16-13(20-10)14(2,3)4/h6H,5,7H2,1-4H3,(H,17,18). The number of ether oxygens (including phenoxy) is 1. The van der Waals surface area contributed by atoms with Crippen molar-refractivity contribution in [2.24, 2.45) is 0 Å². The molecule has 0 aliphatic rings. The summed E-state index contributed by atoms with van der Waals surface area (Å²) in [6, 6.07) is 1.75. The Morgan fingerprint density at radius 3 is 2.67 bits per heavy atom. The summed E-state index contributed by atoms with van der Waals surface area (Å²) in [5.74, 6) is 0.218. The third-order valence-electron chi connectivity index (χ3n) is 2.75. The Labute approximate surface area is 126 Å². The molecule has 21 heavy (non-hydrogen) atoms. The maximum Gasteiger partial charge on any atom is 0.349 e. The second kappa shape index (κ2) is 5.85. The van der Waals surface area contributed by atoms with E-state index in [1.54, 1.807) is 6.07 Å². The zero-order chi connectivity index (χ0) is 15.6. The lowest BCUT2D eigenvalue weighted by Crippen LogP contribution is -2.11. The van der Waals surface area contributed by atoms with E-state index in [4.69, 9.17) is 14.3 Å². The molecule has 2 rings (SSSR count). The summed E-state index contributed by atoms with van der Waals surface area (Å²) in [5, 5.41) is 17.0. The first-order chi connectivity index (χ1) is 9.81. The molecule has 0 spiro atoms. The second-order valence-electron chi connectivity index (χ2n) is 5.60. The van der Waals surface area contributed by atoms with Gasteiger partial charge in [-0.2, -0.15) is 0 Å². The van der Waals surface area contributed by atoms with Crippen LogP contribution in [-0.2, 0) is 18.4 Å². The van der Waals surface area contributed by atoms with Crippen molar-refractivity contribution in [1.82, 2.24) is 10.2 Å². The molecule has 7 heteroatoms. The van der Waals surface area contributed by atoms with E-state index in [9.17, 15) is 4.79 Å². The van der Waals surface area contributed by atoms with Crippen molar-refractivity contribution in [1.29, 1.82) is 0 Å². The van der Waals surface area contributed by atoms with Crippen LogP contribution in [0.15, 0.2) is 10.5 Å². The molecule has 2 heterocycles. The first-order valence-electron chi connectivity index (χ1n) is 6.63. The number of rotatable bonds is 5. The van der Waals surface area contributed by atoms with Crippen molar-refractivity contribution < 1.29 is 19.1 Å². The molecule has 0 bridgehead atoms. The smallest absolute Gasteiger partial charge is 0.349 e. The number of hydrogen-bond donors (Lipinski definition) is 1. The van der Waals surface area contributed by atoms with E-state index < -0.39 is 5.97 Å². The van der Waals surface area contributed by atoms with Gasteiger partial charge in [-0.15, -0.1) is 21.5 Å². The molecule has 0 saturated heterocycles. The molecule has 0 aliphatic heterocycles. The second-order valence-corrected chi connectivity index (χ2v) is 6.74. The summed E-state index contributed by atoms with van der Waals surface area (Å²) in [7, 11) is 0. The first kappa shape index (κ1) is 15.5. The van der Waals surface area contributed by atoms with Crippen molar-refractivity contribution in [2.45, 2.75) is 46.1 Å². The number of hydrogen-bond acceptors (Lipinski definition) is 6. The van der Waals surface area contributed by atoms with Crippen LogP contribution in [0.4, 0.5) is 0 Å². The monoisotopic (exact) mass is 310 g/mol. The third kappa shape index (κ3) is 3.60. The van der Waals surface area contributed by atoms with Crippen molar-refractivity contribution in [3.8, 4) is 5.75 Å². The average molecular weight is 310 g/mol. The minimum atomic E-state index is -0.990. The number of aromatic nitrogens is 2. The molecule has 1 N–H and O–H groups in total. The molecule has 0 fully saturated rings. The first-order valence-corrected chi connectivity index (χ1v) is 7.44. The average Bonchev–Trinajstić information content (AvgIpc) is 3.02. The predicted molar refractivity (Wildman–Crippen MR) is 78.0 cm³/mol. The van der Waals surface area contributed by atoms with Crippen LogP contribution >= 0.6 is 11.3 Å². The number of carboxylic acids is 1. The Morgan fingerprint density at radius 1 is 1.43 bits per heavy atom. The van der Waals surface area contributed by atoms with Gasteiger partial charge in [0.2, 0.25) is 5.89 Å². The van der Waals surface area contributed by atoms with Gasteiger partial charge in [-0.05, 0) is 12.5 Å². The van der Waals surface area contributed by atoms with Crippen molar-refractivity contribution >= 4 is 17.3 Å². The van der Waals surface area contributed by atoms with Gasteiger partial charge in [0.05, 0.1) is 0 Å². The van der Waals surface area contributed by atoms with Crippen LogP contribution in [0.2, 0.25) is 0 Å². The number of aryl methyl sites for hydroxylation is 1. The minimum Gasteiger partial charge on any atom is -0.482 e. The van der Waals surface area contributed by atoms with Gasteiger partial charge in [0.15, 0.2) is 11.5 Å². The summed E-state index contributed by atoms with van der Waals surface area (Å²) in [4.78, 5) is 12.3. The predicted octanol–water partition coefficient (Wildman–Crippen LogP) is 3.27. The molecule has 2 aromatic heterocycles. The molecular weight excluding hydrogens is 292 g/mol. The van der Waals surface area contributed by atoms with Crippen molar-refractivity contribution in [2.75, 3.05) is 0 Å². The minimum absolute atomic E-state index is 0.0588. The van der Waals surface area contributed by atoms with E-state index in [1.807, 2.05) is 27.7 Å². The fraction of sp³-hybridized carbons (Fsp3) is 0.500. The van der Waals surface area contributed by atoms with Crippen LogP contribution in [0, 0.1) is 0 Å². The zero-order valence-electron chi connectivity index (χ0n) is 12.5. The Balaban J connectivity index is 2.11. The van der Waals surface area contributed by atoms with Crippen LogP contribution in [0.5, 0.6) is 5.75 Å². The van der Waals surface area contributed by atoms with Crippen LogP contribution < -0.4 is 4.74 Å². The molecule has 0 atom stereocenters. The summed E-state index contributed by atoms with van der Waals surface area (Å²) in [5.41, 5.74) is -0.227. The number of carbonyl (C=O) groups is 1. The third-order valence-corrected chi connectivity index (χ3v) is 4.00. The quantitative estimate of drug-likeness (QED) is 0.912. The fourth-order valence-electron chi connectivity index (χ4n) is 1.61. The molecule has 0 saturated carbocycles. The summed E-state index contributed by atoms with van der Waals surface area (Å²) >= 11 is 1.22. The molecule has 114 valence electrons. The molecule has 0 unspecified atom stereocenters. The summed E-state index contributed by atoms with van der Waals surface area (Å²) in [6.45, 7) is 7.94. The SMILES string of the molecule is CCc1cc(OCc2nnc(C(C)(C)C)o2)c(C(=O)O)s1. The number of thiophene rings is 1. The van der Waals surface area contributed by atoms with E-state index in [0.717, 1.165) is 11.3 Å². The van der Waals surface area contributed by atoms with E-state index in [1.165, 1.54) is 11.3 Å². The van der Waals surface area contributed by atoms with Crippen LogP contribution in [0.25, 0.3) is 0 Å². The highest BCUT2D eigenvalue weighted by Crippen LogP contribution is 2.30. The Hall–Kier alpha value is -1.89. The molecule has 0 aliphatic carbocycles. The largest absolute Gasteiger partial charge is 0.482 e. The Bertz CT molecular complexity index is 640. The van der Waals surface area contributed by atoms with Crippen molar-refractivity contribution in [3.05, 3.63) is 27.6 Å². The maximum absolute atomic E-state index is 11.2. The van der Waals surface area contributed by atoms with E-state index in [-0.39, 0.29) is 16.9 Å². The fourth-order valence-corrected chi connectivity index (χ4v) is 2.49. The topological polar surface area (TPSA) is 85.5 Å². The van der Waals surface area contributed by atoms with Crippen LogP contribution in [0.3, 0.4) is 0 Å². The Kier molecular flexibility index (Phi) is 4.32. The molecule has 2 aromatic rings. The summed E-state index contributed by atoms with van der Waals surface area (Å²) in [6.07, 6.45) is 0.767. The molecule has 0 amide bonds. The number of carboxylic acid groups (broad SMARTS) is 1. The Morgan fingerprint density at radius 2 is 2.14 bits per heavy atom. The lowest BCUT2D eigenvalue weighted by molar-refractivity contribution is 0.0697. The number of nitrogens with zero attached hydrogens (tertiary/aromatic N) is 2. The van der Waals surface area contributed by atoms with Gasteiger partial charge < -0.3 is 14.3 Å². The lowest BCUT2D eigenvalue weighted by Gasteiger charge is -2.11. The molecule has 6 nitrogen and oxygen atoms in total. The van der Waals surface area contributed by atoms with Gasteiger partial charge in [-0.3, -0.25) is 0 Å². The highest BCUT2D eigenvalue weighted by atomic mass is 32.1. The molecule has 0 radical (unpaired) electrons. The van der Waals surface area contributed by atoms with Crippen molar-refractivity contribution in [3.63, 3.8) is 0 Å². The van der Waals surface area contributed by atoms with Gasteiger partial charge in [0.25, 0.3) is 5.89 Å². The molecule has 0 aromatic carbocycles. The van der Waals surface area contributed by atoms with Gasteiger partial charge in [-0.25, -0.2) is 4.79 Å². The highest BCUT2D eigenvalue weighted by Gasteiger charge is 2.22. The highest BCUT2D eigenvalue weighted by molar-refractivity contribution is 7.14. The molecular formula is C14H18N2O4S. The normalized spacial score (nSPS) is 11.6. The van der Waals surface area contributed by atoms with E-state index in [0.29, 0.717) is 17.5 Å². The van der Waals surface area contributed by atoms with E-state index in [2.05, 4.69) is 10.2 Å².